The molecule has 3 nitrogen and oxygen atoms in total. The lowest BCUT2D eigenvalue weighted by Crippen LogP contribution is -2.30. The number of methoxy groups -OCH3 is 1. The first-order valence-corrected chi connectivity index (χ1v) is 7.53. The summed E-state index contributed by atoms with van der Waals surface area (Å²) in [5, 5.41) is 3.41. The minimum Gasteiger partial charge on any atom is -0.497 e. The fourth-order valence-corrected chi connectivity index (χ4v) is 2.11. The molecule has 0 spiro atoms. The van der Waals surface area contributed by atoms with Gasteiger partial charge in [-0.2, -0.15) is 0 Å². The van der Waals surface area contributed by atoms with E-state index < -0.39 is 0 Å². The molecule has 1 atom stereocenters. The van der Waals surface area contributed by atoms with Crippen molar-refractivity contribution in [1.82, 2.24) is 5.32 Å². The van der Waals surface area contributed by atoms with E-state index in [1.54, 1.807) is 7.11 Å². The largest absolute Gasteiger partial charge is 0.497 e. The van der Waals surface area contributed by atoms with Crippen LogP contribution in [0.4, 0.5) is 0 Å². The molecule has 19 heavy (non-hydrogen) atoms. The fraction of sp³-hybridized carbons (Fsp3) is 0.600. The van der Waals surface area contributed by atoms with Crippen LogP contribution in [0.5, 0.6) is 11.5 Å². The van der Waals surface area contributed by atoms with Crippen molar-refractivity contribution in [3.8, 4) is 11.5 Å². The van der Waals surface area contributed by atoms with Crippen LogP contribution in [-0.4, -0.2) is 26.3 Å². The van der Waals surface area contributed by atoms with Crippen molar-refractivity contribution in [3.63, 3.8) is 0 Å². The van der Waals surface area contributed by atoms with Crippen LogP contribution >= 0.6 is 15.9 Å². The first-order valence-electron chi connectivity index (χ1n) is 6.73. The first kappa shape index (κ1) is 16.3. The van der Waals surface area contributed by atoms with Crippen LogP contribution in [0.15, 0.2) is 22.7 Å². The Balaban J connectivity index is 2.37. The van der Waals surface area contributed by atoms with Gasteiger partial charge in [-0.3, -0.25) is 0 Å². The van der Waals surface area contributed by atoms with E-state index in [0.717, 1.165) is 35.0 Å². The lowest BCUT2D eigenvalue weighted by Gasteiger charge is -2.17. The summed E-state index contributed by atoms with van der Waals surface area (Å²) >= 11 is 3.49. The molecule has 0 aliphatic rings. The van der Waals surface area contributed by atoms with Crippen LogP contribution in [0.1, 0.15) is 27.2 Å². The van der Waals surface area contributed by atoms with Gasteiger partial charge < -0.3 is 14.8 Å². The molecule has 1 aromatic carbocycles. The molecule has 108 valence electrons. The molecule has 0 saturated heterocycles. The minimum absolute atomic E-state index is 0.136. The highest BCUT2D eigenvalue weighted by Crippen LogP contribution is 2.29. The molecule has 1 unspecified atom stereocenters. The SMILES string of the molecule is COc1ccc(OC(C)CNCCC(C)C)c(Br)c1. The molecule has 0 aliphatic heterocycles. The van der Waals surface area contributed by atoms with Gasteiger partial charge >= 0.3 is 0 Å². The second kappa shape index (κ2) is 8.43. The Morgan fingerprint density at radius 2 is 2.00 bits per heavy atom. The number of ether oxygens (including phenoxy) is 2. The predicted molar refractivity (Wildman–Crippen MR) is 83.1 cm³/mol. The molecule has 0 fully saturated rings. The molecule has 0 aliphatic carbocycles. The topological polar surface area (TPSA) is 30.5 Å². The van der Waals surface area contributed by atoms with E-state index in [0.29, 0.717) is 0 Å². The van der Waals surface area contributed by atoms with Gasteiger partial charge in [0.15, 0.2) is 0 Å². The Kier molecular flexibility index (Phi) is 7.24. The number of hydrogen-bond donors (Lipinski definition) is 1. The van der Waals surface area contributed by atoms with Crippen molar-refractivity contribution >= 4 is 15.9 Å². The van der Waals surface area contributed by atoms with Gasteiger partial charge in [-0.25, -0.2) is 0 Å². The lowest BCUT2D eigenvalue weighted by atomic mass is 10.1. The summed E-state index contributed by atoms with van der Waals surface area (Å²) in [6.45, 7) is 8.42. The smallest absolute Gasteiger partial charge is 0.134 e. The van der Waals surface area contributed by atoms with E-state index in [4.69, 9.17) is 9.47 Å². The molecule has 1 aromatic rings. The number of hydrogen-bond acceptors (Lipinski definition) is 3. The van der Waals surface area contributed by atoms with Crippen LogP contribution in [0.3, 0.4) is 0 Å². The van der Waals surface area contributed by atoms with E-state index in [1.807, 2.05) is 18.2 Å². The number of rotatable bonds is 8. The summed E-state index contributed by atoms with van der Waals surface area (Å²) in [7, 11) is 1.66. The average Bonchev–Trinajstić information content (AvgIpc) is 2.37. The van der Waals surface area contributed by atoms with E-state index in [9.17, 15) is 0 Å². The Bertz CT molecular complexity index is 382. The molecular weight excluding hydrogens is 306 g/mol. The third-order valence-corrected chi connectivity index (χ3v) is 3.42. The third-order valence-electron chi connectivity index (χ3n) is 2.80. The Labute approximate surface area is 124 Å². The zero-order valence-electron chi connectivity index (χ0n) is 12.2. The molecule has 0 radical (unpaired) electrons. The summed E-state index contributed by atoms with van der Waals surface area (Å²) in [6.07, 6.45) is 1.33. The highest BCUT2D eigenvalue weighted by molar-refractivity contribution is 9.10. The molecule has 1 N–H and O–H groups in total. The van der Waals surface area contributed by atoms with Gasteiger partial charge in [0.2, 0.25) is 0 Å². The number of halogens is 1. The number of nitrogens with one attached hydrogen (secondary N) is 1. The van der Waals surface area contributed by atoms with Crippen LogP contribution < -0.4 is 14.8 Å². The van der Waals surface area contributed by atoms with E-state index in [1.165, 1.54) is 6.42 Å². The van der Waals surface area contributed by atoms with Crippen molar-refractivity contribution in [2.75, 3.05) is 20.2 Å². The fourth-order valence-electron chi connectivity index (χ4n) is 1.66. The maximum Gasteiger partial charge on any atom is 0.134 e. The molecule has 0 aromatic heterocycles. The normalized spacial score (nSPS) is 12.5. The predicted octanol–water partition coefficient (Wildman–Crippen LogP) is 3.86. The van der Waals surface area contributed by atoms with Gasteiger partial charge in [-0.1, -0.05) is 13.8 Å². The van der Waals surface area contributed by atoms with Crippen LogP contribution in [-0.2, 0) is 0 Å². The van der Waals surface area contributed by atoms with Crippen molar-refractivity contribution in [2.24, 2.45) is 5.92 Å². The molecule has 4 heteroatoms. The van der Waals surface area contributed by atoms with Gasteiger partial charge in [0.1, 0.15) is 17.6 Å². The van der Waals surface area contributed by atoms with Gasteiger partial charge in [0.05, 0.1) is 11.6 Å². The summed E-state index contributed by atoms with van der Waals surface area (Å²) < 4.78 is 12.0. The van der Waals surface area contributed by atoms with Crippen molar-refractivity contribution < 1.29 is 9.47 Å². The summed E-state index contributed by atoms with van der Waals surface area (Å²) in [6, 6.07) is 5.74. The molecule has 0 bridgehead atoms. The monoisotopic (exact) mass is 329 g/mol. The number of benzene rings is 1. The van der Waals surface area contributed by atoms with Gasteiger partial charge in [-0.05, 0) is 59.9 Å². The van der Waals surface area contributed by atoms with Gasteiger partial charge in [0, 0.05) is 6.54 Å². The maximum atomic E-state index is 5.89. The van der Waals surface area contributed by atoms with Crippen molar-refractivity contribution in [3.05, 3.63) is 22.7 Å². The third kappa shape index (κ3) is 6.30. The van der Waals surface area contributed by atoms with Crippen LogP contribution in [0.25, 0.3) is 0 Å². The zero-order chi connectivity index (χ0) is 14.3. The van der Waals surface area contributed by atoms with E-state index >= 15 is 0 Å². The summed E-state index contributed by atoms with van der Waals surface area (Å²) in [5.74, 6) is 2.40. The van der Waals surface area contributed by atoms with Crippen LogP contribution in [0.2, 0.25) is 0 Å². The standard InChI is InChI=1S/C15H24BrNO2/c1-11(2)7-8-17-10-12(3)19-15-6-5-13(18-4)9-14(15)16/h5-6,9,11-12,17H,7-8,10H2,1-4H3. The Morgan fingerprint density at radius 3 is 2.58 bits per heavy atom. The molecular formula is C15H24BrNO2. The second-order valence-corrected chi connectivity index (χ2v) is 5.97. The second-order valence-electron chi connectivity index (χ2n) is 5.11. The quantitative estimate of drug-likeness (QED) is 0.734. The highest BCUT2D eigenvalue weighted by atomic mass is 79.9. The van der Waals surface area contributed by atoms with Gasteiger partial charge in [-0.15, -0.1) is 0 Å². The van der Waals surface area contributed by atoms with E-state index in [2.05, 4.69) is 42.0 Å². The highest BCUT2D eigenvalue weighted by Gasteiger charge is 2.08. The van der Waals surface area contributed by atoms with Crippen molar-refractivity contribution in [2.45, 2.75) is 33.3 Å². The molecule has 1 rings (SSSR count). The Hall–Kier alpha value is -0.740. The first-order chi connectivity index (χ1) is 9.02. The minimum atomic E-state index is 0.136. The lowest BCUT2D eigenvalue weighted by molar-refractivity contribution is 0.215. The summed E-state index contributed by atoms with van der Waals surface area (Å²) in [4.78, 5) is 0. The summed E-state index contributed by atoms with van der Waals surface area (Å²) in [5.41, 5.74) is 0. The average molecular weight is 330 g/mol. The van der Waals surface area contributed by atoms with Crippen molar-refractivity contribution in [1.29, 1.82) is 0 Å². The van der Waals surface area contributed by atoms with E-state index in [-0.39, 0.29) is 6.10 Å². The molecule has 0 amide bonds. The Morgan fingerprint density at radius 1 is 1.26 bits per heavy atom. The molecule has 0 saturated carbocycles. The van der Waals surface area contributed by atoms with Gasteiger partial charge in [0.25, 0.3) is 0 Å². The molecule has 0 heterocycles. The maximum absolute atomic E-state index is 5.89. The zero-order valence-corrected chi connectivity index (χ0v) is 13.8. The van der Waals surface area contributed by atoms with Crippen LogP contribution in [0, 0.1) is 5.92 Å².